The van der Waals surface area contributed by atoms with Gasteiger partial charge in [-0.1, -0.05) is 0 Å². The molecule has 0 aliphatic carbocycles. The van der Waals surface area contributed by atoms with Gasteiger partial charge in [-0.05, 0) is 36.4 Å². The molecule has 0 unspecified atom stereocenters. The van der Waals surface area contributed by atoms with Crippen LogP contribution in [0.4, 0.5) is 4.39 Å². The number of carboxylic acid groups (broad SMARTS) is 1. The van der Waals surface area contributed by atoms with Crippen molar-refractivity contribution in [1.29, 1.82) is 0 Å². The number of carbonyl (C=O) groups excluding carboxylic acids is 3. The first-order chi connectivity index (χ1) is 13.9. The smallest absolute Gasteiger partial charge is 0.292 e. The molecule has 0 saturated carbocycles. The lowest BCUT2D eigenvalue weighted by molar-refractivity contribution is -0.310. The fourth-order valence-corrected chi connectivity index (χ4v) is 3.90. The van der Waals surface area contributed by atoms with Gasteiger partial charge in [0.15, 0.2) is 5.76 Å². The minimum atomic E-state index is -1.41. The van der Waals surface area contributed by atoms with Crippen molar-refractivity contribution in [3.63, 3.8) is 0 Å². The fourth-order valence-electron chi connectivity index (χ4n) is 3.90. The summed E-state index contributed by atoms with van der Waals surface area (Å²) in [4.78, 5) is 39.9. The predicted molar refractivity (Wildman–Crippen MR) is 93.9 cm³/mol. The molecule has 2 aliphatic rings. The van der Waals surface area contributed by atoms with E-state index in [0.717, 1.165) is 0 Å². The van der Waals surface area contributed by atoms with E-state index in [1.807, 2.05) is 0 Å². The van der Waals surface area contributed by atoms with Gasteiger partial charge in [0.25, 0.3) is 11.8 Å². The number of halogens is 1. The van der Waals surface area contributed by atoms with Crippen LogP contribution in [0.1, 0.15) is 33.8 Å². The number of furan rings is 1. The molecule has 2 aromatic rings. The summed E-state index contributed by atoms with van der Waals surface area (Å²) in [6, 6.07) is 7.00. The number of amides is 2. The molecule has 2 aliphatic heterocycles. The highest BCUT2D eigenvalue weighted by Crippen LogP contribution is 2.38. The highest BCUT2D eigenvalue weighted by atomic mass is 19.1. The van der Waals surface area contributed by atoms with Crippen molar-refractivity contribution in [1.82, 2.24) is 9.80 Å². The van der Waals surface area contributed by atoms with Gasteiger partial charge in [-0.2, -0.15) is 0 Å². The van der Waals surface area contributed by atoms with Gasteiger partial charge in [0, 0.05) is 31.5 Å². The molecule has 0 radical (unpaired) electrons. The monoisotopic (exact) mass is 401 g/mol. The fraction of sp³-hybridized carbons (Fsp3) is 0.350. The van der Waals surface area contributed by atoms with Crippen LogP contribution >= 0.6 is 0 Å². The van der Waals surface area contributed by atoms with Crippen LogP contribution in [-0.4, -0.2) is 59.0 Å². The van der Waals surface area contributed by atoms with Crippen LogP contribution in [0, 0.1) is 5.82 Å². The van der Waals surface area contributed by atoms with Crippen molar-refractivity contribution in [3.8, 4) is 0 Å². The van der Waals surface area contributed by atoms with E-state index in [1.165, 1.54) is 47.6 Å². The van der Waals surface area contributed by atoms with Crippen LogP contribution in [0.3, 0.4) is 0 Å². The number of hydrogen-bond donors (Lipinski definition) is 0. The second-order valence-corrected chi connectivity index (χ2v) is 7.04. The minimum Gasteiger partial charge on any atom is -0.548 e. The van der Waals surface area contributed by atoms with E-state index in [0.29, 0.717) is 5.56 Å². The summed E-state index contributed by atoms with van der Waals surface area (Å²) in [7, 11) is 0. The lowest BCUT2D eigenvalue weighted by Crippen LogP contribution is -2.60. The van der Waals surface area contributed by atoms with Gasteiger partial charge >= 0.3 is 0 Å². The van der Waals surface area contributed by atoms with E-state index in [-0.39, 0.29) is 44.2 Å². The van der Waals surface area contributed by atoms with Gasteiger partial charge in [0.2, 0.25) is 0 Å². The maximum Gasteiger partial charge on any atom is 0.292 e. The first-order valence-corrected chi connectivity index (χ1v) is 9.18. The molecule has 2 fully saturated rings. The highest BCUT2D eigenvalue weighted by Gasteiger charge is 2.53. The molecule has 9 heteroatoms. The quantitative estimate of drug-likeness (QED) is 0.748. The van der Waals surface area contributed by atoms with Crippen molar-refractivity contribution in [3.05, 3.63) is 59.8 Å². The number of likely N-dealkylation sites (tertiary alicyclic amines) is 1. The van der Waals surface area contributed by atoms with E-state index in [9.17, 15) is 23.9 Å². The number of hydrogen-bond acceptors (Lipinski definition) is 6. The molecule has 3 heterocycles. The number of piperidine rings is 1. The molecular weight excluding hydrogens is 383 g/mol. The van der Waals surface area contributed by atoms with Gasteiger partial charge in [-0.3, -0.25) is 14.5 Å². The van der Waals surface area contributed by atoms with Gasteiger partial charge in [0.05, 0.1) is 24.9 Å². The van der Waals surface area contributed by atoms with E-state index < -0.39 is 29.5 Å². The third-order valence-corrected chi connectivity index (χ3v) is 5.41. The average Bonchev–Trinajstić information content (AvgIpc) is 3.37. The van der Waals surface area contributed by atoms with Crippen molar-refractivity contribution in [2.75, 3.05) is 19.7 Å². The van der Waals surface area contributed by atoms with Crippen LogP contribution in [0.2, 0.25) is 0 Å². The lowest BCUT2D eigenvalue weighted by atomic mass is 9.96. The van der Waals surface area contributed by atoms with E-state index in [2.05, 4.69) is 0 Å². The number of carboxylic acids is 1. The molecule has 0 bridgehead atoms. The van der Waals surface area contributed by atoms with Crippen LogP contribution in [-0.2, 0) is 9.53 Å². The maximum absolute atomic E-state index is 13.1. The molecule has 1 spiro atoms. The van der Waals surface area contributed by atoms with Gasteiger partial charge in [0.1, 0.15) is 11.5 Å². The number of benzene rings is 1. The third-order valence-electron chi connectivity index (χ3n) is 5.41. The first kappa shape index (κ1) is 19.1. The van der Waals surface area contributed by atoms with Crippen LogP contribution in [0.5, 0.6) is 0 Å². The normalized spacial score (nSPS) is 20.8. The van der Waals surface area contributed by atoms with Crippen molar-refractivity contribution in [2.45, 2.75) is 24.6 Å². The Kier molecular flexibility index (Phi) is 4.83. The van der Waals surface area contributed by atoms with Gasteiger partial charge in [-0.25, -0.2) is 4.39 Å². The first-order valence-electron chi connectivity index (χ1n) is 9.18. The predicted octanol–water partition coefficient (Wildman–Crippen LogP) is 0.642. The molecular formula is C20H18FN2O6-. The van der Waals surface area contributed by atoms with Crippen LogP contribution in [0.15, 0.2) is 47.1 Å². The molecule has 152 valence electrons. The SMILES string of the molecule is O=C([O-])[C@H]1COC2(CCN(C(=O)c3ccc(F)cc3)CC2)N1C(=O)c1ccco1. The number of rotatable bonds is 3. The standard InChI is InChI=1S/C20H19FN2O6/c21-14-5-3-13(4-6-14)17(24)22-9-7-20(8-10-22)23(15(12-29-20)19(26)27)18(25)16-2-1-11-28-16/h1-6,11,15H,7-10,12H2,(H,26,27)/p-1/t15-/m1/s1. The van der Waals surface area contributed by atoms with Crippen LogP contribution < -0.4 is 5.11 Å². The number of nitrogens with zero attached hydrogens (tertiary/aromatic N) is 2. The molecule has 8 nitrogen and oxygen atoms in total. The zero-order chi connectivity index (χ0) is 20.6. The third kappa shape index (κ3) is 3.38. The Morgan fingerprint density at radius 2 is 1.76 bits per heavy atom. The summed E-state index contributed by atoms with van der Waals surface area (Å²) in [5.41, 5.74) is -0.806. The summed E-state index contributed by atoms with van der Waals surface area (Å²) in [5, 5.41) is 11.6. The minimum absolute atomic E-state index is 0.00550. The molecule has 4 rings (SSSR count). The second-order valence-electron chi connectivity index (χ2n) is 7.04. The Morgan fingerprint density at radius 3 is 2.34 bits per heavy atom. The molecule has 1 aromatic carbocycles. The average molecular weight is 401 g/mol. The lowest BCUT2D eigenvalue weighted by Gasteiger charge is -2.44. The van der Waals surface area contributed by atoms with Crippen LogP contribution in [0.25, 0.3) is 0 Å². The zero-order valence-corrected chi connectivity index (χ0v) is 15.4. The molecule has 0 N–H and O–H groups in total. The zero-order valence-electron chi connectivity index (χ0n) is 15.4. The summed E-state index contributed by atoms with van der Waals surface area (Å²) in [6.07, 6.45) is 1.79. The number of aliphatic carboxylic acids is 1. The summed E-state index contributed by atoms with van der Waals surface area (Å²) in [5.74, 6) is -2.70. The number of ether oxygens (including phenoxy) is 1. The highest BCUT2D eigenvalue weighted by molar-refractivity contribution is 5.95. The van der Waals surface area contributed by atoms with E-state index >= 15 is 0 Å². The molecule has 29 heavy (non-hydrogen) atoms. The summed E-state index contributed by atoms with van der Waals surface area (Å²) in [6.45, 7) is 0.302. The maximum atomic E-state index is 13.1. The van der Waals surface area contributed by atoms with E-state index in [4.69, 9.17) is 9.15 Å². The Bertz CT molecular complexity index is 919. The van der Waals surface area contributed by atoms with Crippen molar-refractivity contribution < 1.29 is 33.0 Å². The molecule has 1 atom stereocenters. The summed E-state index contributed by atoms with van der Waals surface area (Å²) >= 11 is 0. The van der Waals surface area contributed by atoms with E-state index in [1.54, 1.807) is 4.90 Å². The second kappa shape index (κ2) is 7.32. The number of carbonyl (C=O) groups is 3. The Morgan fingerprint density at radius 1 is 1.07 bits per heavy atom. The van der Waals surface area contributed by atoms with Gasteiger partial charge < -0.3 is 24.0 Å². The topological polar surface area (TPSA) is 103 Å². The van der Waals surface area contributed by atoms with Crippen molar-refractivity contribution in [2.24, 2.45) is 0 Å². The Hall–Kier alpha value is -3.20. The van der Waals surface area contributed by atoms with Gasteiger partial charge in [-0.15, -0.1) is 0 Å². The Balaban J connectivity index is 1.53. The largest absolute Gasteiger partial charge is 0.548 e. The molecule has 2 saturated heterocycles. The summed E-state index contributed by atoms with van der Waals surface area (Å²) < 4.78 is 24.0. The molecule has 2 amide bonds. The Labute approximate surface area is 165 Å². The van der Waals surface area contributed by atoms with Crippen molar-refractivity contribution >= 4 is 17.8 Å². The molecule has 1 aromatic heterocycles.